The molecular weight excluding hydrogens is 166 g/mol. The molecule has 1 aliphatic rings. The van der Waals surface area contributed by atoms with Gasteiger partial charge in [-0.25, -0.2) is 0 Å². The van der Waals surface area contributed by atoms with E-state index >= 15 is 0 Å². The van der Waals surface area contributed by atoms with Crippen LogP contribution in [0.5, 0.6) is 0 Å². The van der Waals surface area contributed by atoms with Crippen LogP contribution in [0.25, 0.3) is 0 Å². The lowest BCUT2D eigenvalue weighted by atomic mass is 9.80. The molecule has 1 rings (SSSR count). The zero-order valence-corrected chi connectivity index (χ0v) is 9.12. The van der Waals surface area contributed by atoms with Crippen LogP contribution in [-0.2, 0) is 0 Å². The molecule has 1 fully saturated rings. The molecule has 0 spiro atoms. The molecule has 0 bridgehead atoms. The van der Waals surface area contributed by atoms with Crippen molar-refractivity contribution in [3.63, 3.8) is 0 Å². The van der Waals surface area contributed by atoms with Crippen molar-refractivity contribution in [2.24, 2.45) is 17.1 Å². The maximum absolute atomic E-state index is 5.72. The van der Waals surface area contributed by atoms with E-state index in [1.165, 1.54) is 30.8 Å². The molecule has 0 aromatic heterocycles. The molecule has 2 heteroatoms. The zero-order valence-electron chi connectivity index (χ0n) is 8.31. The molecule has 0 atom stereocenters. The Hall–Kier alpha value is 0.310. The maximum Gasteiger partial charge on any atom is -0.00257 e. The van der Waals surface area contributed by atoms with E-state index in [2.05, 4.69) is 25.6 Å². The quantitative estimate of drug-likeness (QED) is 0.734. The van der Waals surface area contributed by atoms with E-state index in [1.807, 2.05) is 0 Å². The van der Waals surface area contributed by atoms with Crippen molar-refractivity contribution in [3.8, 4) is 0 Å². The fourth-order valence-electron chi connectivity index (χ4n) is 1.82. The second kappa shape index (κ2) is 4.52. The summed E-state index contributed by atoms with van der Waals surface area (Å²) in [4.78, 5) is 0. The highest BCUT2D eigenvalue weighted by molar-refractivity contribution is 7.99. The average Bonchev–Trinajstić information content (AvgIpc) is 2.06. The lowest BCUT2D eigenvalue weighted by Gasteiger charge is -2.30. The Bertz CT molecular complexity index is 128. The Balaban J connectivity index is 2.28. The fraction of sp³-hybridized carbons (Fsp3) is 1.00. The summed E-state index contributed by atoms with van der Waals surface area (Å²) in [5.74, 6) is 3.68. The molecule has 12 heavy (non-hydrogen) atoms. The standard InChI is InChI=1S/C10H21NS/c1-10(2,8-11)7-9-3-5-12-6-4-9/h9H,3-8,11H2,1-2H3. The first-order valence-corrected chi connectivity index (χ1v) is 6.07. The minimum atomic E-state index is 0.368. The predicted molar refractivity (Wildman–Crippen MR) is 57.5 cm³/mol. The summed E-state index contributed by atoms with van der Waals surface area (Å²) in [5, 5.41) is 0. The number of thioether (sulfide) groups is 1. The van der Waals surface area contributed by atoms with Gasteiger partial charge >= 0.3 is 0 Å². The second-order valence-electron chi connectivity index (χ2n) is 4.63. The minimum absolute atomic E-state index is 0.368. The Labute approximate surface area is 80.5 Å². The molecule has 2 N–H and O–H groups in total. The maximum atomic E-state index is 5.72. The summed E-state index contributed by atoms with van der Waals surface area (Å²) in [6.07, 6.45) is 4.15. The van der Waals surface area contributed by atoms with Crippen LogP contribution in [0.4, 0.5) is 0 Å². The van der Waals surface area contributed by atoms with Crippen LogP contribution in [0.2, 0.25) is 0 Å². The van der Waals surface area contributed by atoms with Crippen molar-refractivity contribution >= 4 is 11.8 Å². The highest BCUT2D eigenvalue weighted by Gasteiger charge is 2.23. The van der Waals surface area contributed by atoms with E-state index in [4.69, 9.17) is 5.73 Å². The average molecular weight is 187 g/mol. The number of hydrogen-bond acceptors (Lipinski definition) is 2. The molecule has 1 nitrogen and oxygen atoms in total. The number of nitrogens with two attached hydrogens (primary N) is 1. The van der Waals surface area contributed by atoms with Crippen LogP contribution in [0.15, 0.2) is 0 Å². The highest BCUT2D eigenvalue weighted by atomic mass is 32.2. The molecule has 0 aromatic rings. The van der Waals surface area contributed by atoms with Crippen molar-refractivity contribution in [2.75, 3.05) is 18.1 Å². The summed E-state index contributed by atoms with van der Waals surface area (Å²) < 4.78 is 0. The zero-order chi connectivity index (χ0) is 9.03. The van der Waals surface area contributed by atoms with E-state index in [9.17, 15) is 0 Å². The Morgan fingerprint density at radius 1 is 1.33 bits per heavy atom. The van der Waals surface area contributed by atoms with Crippen LogP contribution in [0, 0.1) is 11.3 Å². The minimum Gasteiger partial charge on any atom is -0.330 e. The summed E-state index contributed by atoms with van der Waals surface area (Å²) in [5.41, 5.74) is 6.09. The molecular formula is C10H21NS. The first-order valence-electron chi connectivity index (χ1n) is 4.92. The fourth-order valence-corrected chi connectivity index (χ4v) is 3.02. The number of rotatable bonds is 3. The third-order valence-corrected chi connectivity index (χ3v) is 3.78. The van der Waals surface area contributed by atoms with Gasteiger partial charge in [0.1, 0.15) is 0 Å². The van der Waals surface area contributed by atoms with Crippen molar-refractivity contribution < 1.29 is 0 Å². The molecule has 0 aromatic carbocycles. The molecule has 72 valence electrons. The molecule has 0 saturated carbocycles. The first kappa shape index (κ1) is 10.4. The molecule has 0 aliphatic carbocycles. The molecule has 1 saturated heterocycles. The van der Waals surface area contributed by atoms with Gasteiger partial charge in [-0.2, -0.15) is 11.8 Å². The Kier molecular flexibility index (Phi) is 3.91. The predicted octanol–water partition coefficient (Wildman–Crippen LogP) is 2.50. The van der Waals surface area contributed by atoms with E-state index in [-0.39, 0.29) is 0 Å². The van der Waals surface area contributed by atoms with E-state index in [0.717, 1.165) is 12.5 Å². The SMILES string of the molecule is CC(C)(CN)CC1CCSCC1. The van der Waals surface area contributed by atoms with Gasteiger partial charge in [-0.1, -0.05) is 13.8 Å². The van der Waals surface area contributed by atoms with Crippen LogP contribution in [0.1, 0.15) is 33.1 Å². The number of hydrogen-bond donors (Lipinski definition) is 1. The van der Waals surface area contributed by atoms with E-state index in [1.54, 1.807) is 0 Å². The van der Waals surface area contributed by atoms with Gasteiger partial charge in [0.2, 0.25) is 0 Å². The third-order valence-electron chi connectivity index (χ3n) is 2.73. The molecule has 1 heterocycles. The first-order chi connectivity index (χ1) is 5.64. The summed E-state index contributed by atoms with van der Waals surface area (Å²) in [6, 6.07) is 0. The molecule has 0 radical (unpaired) electrons. The van der Waals surface area contributed by atoms with Gasteiger partial charge in [0.15, 0.2) is 0 Å². The van der Waals surface area contributed by atoms with Crippen LogP contribution in [0.3, 0.4) is 0 Å². The topological polar surface area (TPSA) is 26.0 Å². The van der Waals surface area contributed by atoms with Crippen LogP contribution >= 0.6 is 11.8 Å². The van der Waals surface area contributed by atoms with Crippen molar-refractivity contribution in [1.29, 1.82) is 0 Å². The summed E-state index contributed by atoms with van der Waals surface area (Å²) in [7, 11) is 0. The van der Waals surface area contributed by atoms with Gasteiger partial charge in [-0.15, -0.1) is 0 Å². The summed E-state index contributed by atoms with van der Waals surface area (Å²) in [6.45, 7) is 5.40. The van der Waals surface area contributed by atoms with Gasteiger partial charge < -0.3 is 5.73 Å². The van der Waals surface area contributed by atoms with Gasteiger partial charge in [0.05, 0.1) is 0 Å². The molecule has 0 unspecified atom stereocenters. The van der Waals surface area contributed by atoms with Crippen molar-refractivity contribution in [3.05, 3.63) is 0 Å². The van der Waals surface area contributed by atoms with Gasteiger partial charge in [0.25, 0.3) is 0 Å². The lowest BCUT2D eigenvalue weighted by Crippen LogP contribution is -2.27. The normalized spacial score (nSPS) is 21.2. The van der Waals surface area contributed by atoms with Gasteiger partial charge in [0, 0.05) is 0 Å². The van der Waals surface area contributed by atoms with E-state index < -0.39 is 0 Å². The van der Waals surface area contributed by atoms with Crippen LogP contribution in [-0.4, -0.2) is 18.1 Å². The van der Waals surface area contributed by atoms with Crippen molar-refractivity contribution in [1.82, 2.24) is 0 Å². The largest absolute Gasteiger partial charge is 0.330 e. The smallest absolute Gasteiger partial charge is 0.00257 e. The monoisotopic (exact) mass is 187 g/mol. The molecule has 1 aliphatic heterocycles. The molecule has 0 amide bonds. The van der Waals surface area contributed by atoms with Crippen LogP contribution < -0.4 is 5.73 Å². The third kappa shape index (κ3) is 3.36. The van der Waals surface area contributed by atoms with Gasteiger partial charge in [-0.3, -0.25) is 0 Å². The van der Waals surface area contributed by atoms with Gasteiger partial charge in [-0.05, 0) is 48.6 Å². The van der Waals surface area contributed by atoms with Crippen molar-refractivity contribution in [2.45, 2.75) is 33.1 Å². The highest BCUT2D eigenvalue weighted by Crippen LogP contribution is 2.32. The Morgan fingerprint density at radius 2 is 1.92 bits per heavy atom. The Morgan fingerprint density at radius 3 is 2.42 bits per heavy atom. The lowest BCUT2D eigenvalue weighted by molar-refractivity contribution is 0.264. The summed E-state index contributed by atoms with van der Waals surface area (Å²) >= 11 is 2.10. The second-order valence-corrected chi connectivity index (χ2v) is 5.85. The van der Waals surface area contributed by atoms with E-state index in [0.29, 0.717) is 5.41 Å².